The maximum atomic E-state index is 14.2. The highest BCUT2D eigenvalue weighted by Gasteiger charge is 2.24. The van der Waals surface area contributed by atoms with E-state index in [0.717, 1.165) is 37.4 Å². The molecule has 212 valence electrons. The molecule has 0 saturated carbocycles. The number of hydrogen-bond donors (Lipinski definition) is 1. The Morgan fingerprint density at radius 3 is 2.66 bits per heavy atom. The Balaban J connectivity index is 1.23. The molecule has 1 aliphatic rings. The van der Waals surface area contributed by atoms with E-state index in [4.69, 9.17) is 14.7 Å². The van der Waals surface area contributed by atoms with E-state index in [1.165, 1.54) is 25.1 Å². The van der Waals surface area contributed by atoms with E-state index >= 15 is 0 Å². The summed E-state index contributed by atoms with van der Waals surface area (Å²) in [7, 11) is 1.81. The Kier molecular flexibility index (Phi) is 8.12. The molecule has 1 N–H and O–H groups in total. The van der Waals surface area contributed by atoms with Gasteiger partial charge in [-0.25, -0.2) is 23.5 Å². The number of nitriles is 1. The lowest BCUT2D eigenvalue weighted by Gasteiger charge is -2.31. The zero-order valence-electron chi connectivity index (χ0n) is 22.7. The third kappa shape index (κ3) is 6.28. The third-order valence-electron chi connectivity index (χ3n) is 7.25. The number of piperidine rings is 1. The molecular formula is C30H29F2N5O4. The average molecular weight is 562 g/mol. The van der Waals surface area contributed by atoms with Crippen molar-refractivity contribution in [1.29, 1.82) is 5.26 Å². The molecule has 41 heavy (non-hydrogen) atoms. The van der Waals surface area contributed by atoms with Crippen LogP contribution in [0, 0.1) is 17.1 Å². The number of ether oxygens (including phenoxy) is 2. The molecule has 1 aliphatic heterocycles. The number of aromatic carboxylic acids is 1. The predicted molar refractivity (Wildman–Crippen MR) is 146 cm³/mol. The highest BCUT2D eigenvalue weighted by Crippen LogP contribution is 2.32. The van der Waals surface area contributed by atoms with Crippen LogP contribution < -0.4 is 9.47 Å². The lowest BCUT2D eigenvalue weighted by molar-refractivity contribution is 0.0690. The van der Waals surface area contributed by atoms with Crippen LogP contribution in [0.3, 0.4) is 0 Å². The largest absolute Gasteiger partial charge is 0.478 e. The summed E-state index contributed by atoms with van der Waals surface area (Å²) in [5.41, 5.74) is 2.51. The molecule has 0 radical (unpaired) electrons. The fraction of sp³-hybridized carbons (Fsp3) is 0.333. The Morgan fingerprint density at radius 2 is 1.98 bits per heavy atom. The first-order valence-corrected chi connectivity index (χ1v) is 13.3. The van der Waals surface area contributed by atoms with Gasteiger partial charge in [0.25, 0.3) is 0 Å². The SMILES string of the molecule is C[C@@H](F)Oc1cc(C(=O)O)cc2c1nc(CN1CCC(c3cccc(OCc4ccc(C#N)cc4F)n3)CC1)n2C. The fourth-order valence-electron chi connectivity index (χ4n) is 5.04. The fourth-order valence-corrected chi connectivity index (χ4v) is 5.04. The van der Waals surface area contributed by atoms with Crippen molar-refractivity contribution in [2.24, 2.45) is 7.05 Å². The summed E-state index contributed by atoms with van der Waals surface area (Å²) in [5, 5.41) is 18.4. The van der Waals surface area contributed by atoms with Crippen LogP contribution >= 0.6 is 0 Å². The topological polar surface area (TPSA) is 114 Å². The maximum absolute atomic E-state index is 14.2. The van der Waals surface area contributed by atoms with Gasteiger partial charge in [-0.1, -0.05) is 12.1 Å². The van der Waals surface area contributed by atoms with Gasteiger partial charge in [0.05, 0.1) is 29.3 Å². The van der Waals surface area contributed by atoms with Crippen LogP contribution in [0.1, 0.15) is 58.7 Å². The van der Waals surface area contributed by atoms with Crippen molar-refractivity contribution in [2.75, 3.05) is 13.1 Å². The molecule has 9 nitrogen and oxygen atoms in total. The number of halogens is 2. The summed E-state index contributed by atoms with van der Waals surface area (Å²) < 4.78 is 40.7. The molecule has 0 spiro atoms. The first kappa shape index (κ1) is 28.0. The molecule has 3 heterocycles. The van der Waals surface area contributed by atoms with Crippen molar-refractivity contribution in [3.8, 4) is 17.7 Å². The number of carbonyl (C=O) groups is 1. The van der Waals surface area contributed by atoms with Gasteiger partial charge in [0.2, 0.25) is 12.2 Å². The summed E-state index contributed by atoms with van der Waals surface area (Å²) in [6.45, 7) is 3.37. The zero-order valence-corrected chi connectivity index (χ0v) is 22.7. The van der Waals surface area contributed by atoms with Crippen molar-refractivity contribution >= 4 is 17.0 Å². The molecule has 0 bridgehead atoms. The summed E-state index contributed by atoms with van der Waals surface area (Å²) in [6.07, 6.45) is 0.115. The molecule has 0 amide bonds. The summed E-state index contributed by atoms with van der Waals surface area (Å²) >= 11 is 0. The molecule has 1 fully saturated rings. The van der Waals surface area contributed by atoms with Gasteiger partial charge >= 0.3 is 5.97 Å². The van der Waals surface area contributed by atoms with Gasteiger partial charge in [-0.15, -0.1) is 0 Å². The molecule has 4 aromatic rings. The number of likely N-dealkylation sites (tertiary alicyclic amines) is 1. The zero-order chi connectivity index (χ0) is 29.1. The summed E-state index contributed by atoms with van der Waals surface area (Å²) in [6, 6.07) is 14.6. The van der Waals surface area contributed by atoms with E-state index in [1.54, 1.807) is 18.2 Å². The second kappa shape index (κ2) is 11.9. The average Bonchev–Trinajstić information content (AvgIpc) is 3.27. The van der Waals surface area contributed by atoms with Crippen LogP contribution in [0.2, 0.25) is 0 Å². The lowest BCUT2D eigenvalue weighted by atomic mass is 9.93. The second-order valence-corrected chi connectivity index (χ2v) is 10.1. The first-order chi connectivity index (χ1) is 19.7. The van der Waals surface area contributed by atoms with Crippen molar-refractivity contribution in [2.45, 2.75) is 45.2 Å². The molecular weight excluding hydrogens is 532 g/mol. The number of carboxylic acids is 1. The lowest BCUT2D eigenvalue weighted by Crippen LogP contribution is -2.33. The molecule has 5 rings (SSSR count). The van der Waals surface area contributed by atoms with Gasteiger partial charge in [0.1, 0.15) is 23.8 Å². The normalized spacial score (nSPS) is 15.0. The predicted octanol–water partition coefficient (Wildman–Crippen LogP) is 5.33. The van der Waals surface area contributed by atoms with E-state index in [9.17, 15) is 18.7 Å². The highest BCUT2D eigenvalue weighted by molar-refractivity contribution is 5.95. The second-order valence-electron chi connectivity index (χ2n) is 10.1. The van der Waals surface area contributed by atoms with Gasteiger partial charge in [0.15, 0.2) is 5.75 Å². The maximum Gasteiger partial charge on any atom is 0.335 e. The number of hydrogen-bond acceptors (Lipinski definition) is 7. The van der Waals surface area contributed by atoms with E-state index in [0.29, 0.717) is 29.0 Å². The third-order valence-corrected chi connectivity index (χ3v) is 7.25. The number of benzene rings is 2. The first-order valence-electron chi connectivity index (χ1n) is 13.3. The van der Waals surface area contributed by atoms with Gasteiger partial charge < -0.3 is 19.1 Å². The standard InChI is InChI=1S/C30H29F2N5O4/c1-18(31)41-26-14-22(30(38)39)13-25-29(26)35-27(36(25)2)16-37-10-8-20(9-11-37)24-4-3-5-28(34-24)40-17-21-7-6-19(15-33)12-23(21)32/h3-7,12-14,18,20H,8-11,16-17H2,1-2H3,(H,38,39)/t18-/m0/s1. The van der Waals surface area contributed by atoms with Crippen LogP contribution in [0.25, 0.3) is 11.0 Å². The summed E-state index contributed by atoms with van der Waals surface area (Å²) in [5.74, 6) is -0.152. The molecule has 0 aliphatic carbocycles. The number of nitrogens with zero attached hydrogens (tertiary/aromatic N) is 5. The number of pyridine rings is 1. The van der Waals surface area contributed by atoms with Gasteiger partial charge in [-0.2, -0.15) is 5.26 Å². The van der Waals surface area contributed by atoms with Crippen molar-refractivity contribution in [3.63, 3.8) is 0 Å². The summed E-state index contributed by atoms with van der Waals surface area (Å²) in [4.78, 5) is 23.2. The van der Waals surface area contributed by atoms with Gasteiger partial charge in [-0.05, 0) is 56.3 Å². The highest BCUT2D eigenvalue weighted by atomic mass is 19.1. The van der Waals surface area contributed by atoms with Crippen molar-refractivity contribution in [1.82, 2.24) is 19.4 Å². The number of rotatable bonds is 9. The number of aryl methyl sites for hydroxylation is 1. The number of carboxylic acid groups (broad SMARTS) is 1. The Hall–Kier alpha value is -4.56. The Morgan fingerprint density at radius 1 is 1.20 bits per heavy atom. The smallest absolute Gasteiger partial charge is 0.335 e. The molecule has 11 heteroatoms. The number of aromatic nitrogens is 3. The van der Waals surface area contributed by atoms with Crippen LogP contribution in [0.4, 0.5) is 8.78 Å². The van der Waals surface area contributed by atoms with Crippen molar-refractivity contribution < 1.29 is 28.2 Å². The minimum absolute atomic E-state index is 0.00395. The number of alkyl halides is 1. The number of imidazole rings is 1. The quantitative estimate of drug-likeness (QED) is 0.292. The number of fused-ring (bicyclic) bond motifs is 1. The van der Waals surface area contributed by atoms with Crippen LogP contribution in [-0.4, -0.2) is 50.0 Å². The Bertz CT molecular complexity index is 1620. The molecule has 2 aromatic heterocycles. The van der Waals surface area contributed by atoms with Crippen LogP contribution in [0.5, 0.6) is 11.6 Å². The van der Waals surface area contributed by atoms with E-state index in [1.807, 2.05) is 29.8 Å². The van der Waals surface area contributed by atoms with E-state index < -0.39 is 18.1 Å². The van der Waals surface area contributed by atoms with Crippen molar-refractivity contribution in [3.05, 3.63) is 82.6 Å². The minimum Gasteiger partial charge on any atom is -0.478 e. The molecule has 1 saturated heterocycles. The molecule has 0 unspecified atom stereocenters. The monoisotopic (exact) mass is 561 g/mol. The Labute approximate surface area is 235 Å². The molecule has 2 aromatic carbocycles. The molecule has 1 atom stereocenters. The minimum atomic E-state index is -1.61. The van der Waals surface area contributed by atoms with E-state index in [-0.39, 0.29) is 29.4 Å². The van der Waals surface area contributed by atoms with Crippen LogP contribution in [-0.2, 0) is 20.2 Å². The van der Waals surface area contributed by atoms with Crippen LogP contribution in [0.15, 0.2) is 48.5 Å². The van der Waals surface area contributed by atoms with E-state index in [2.05, 4.69) is 14.9 Å². The van der Waals surface area contributed by atoms with Gasteiger partial charge in [-0.3, -0.25) is 4.90 Å². The van der Waals surface area contributed by atoms with Gasteiger partial charge in [0, 0.05) is 37.2 Å².